The second-order valence-corrected chi connectivity index (χ2v) is 5.82. The van der Waals surface area contributed by atoms with Crippen molar-refractivity contribution in [1.29, 1.82) is 0 Å². The number of aliphatic carboxylic acids is 1. The molecule has 6 nitrogen and oxygen atoms in total. The summed E-state index contributed by atoms with van der Waals surface area (Å²) in [5.74, 6) is -0.749. The highest BCUT2D eigenvalue weighted by atomic mass is 16.5. The van der Waals surface area contributed by atoms with Gasteiger partial charge in [-0.25, -0.2) is 4.79 Å². The lowest BCUT2D eigenvalue weighted by Gasteiger charge is -2.35. The Labute approximate surface area is 130 Å². The molecule has 0 aliphatic carbocycles. The number of carboxylic acids is 1. The van der Waals surface area contributed by atoms with Crippen LogP contribution in [0.5, 0.6) is 0 Å². The van der Waals surface area contributed by atoms with Crippen LogP contribution >= 0.6 is 0 Å². The van der Waals surface area contributed by atoms with Crippen LogP contribution in [0.15, 0.2) is 30.3 Å². The maximum Gasteiger partial charge on any atom is 0.407 e. The van der Waals surface area contributed by atoms with Gasteiger partial charge in [-0.3, -0.25) is 4.79 Å². The zero-order chi connectivity index (χ0) is 15.9. The van der Waals surface area contributed by atoms with Crippen molar-refractivity contribution < 1.29 is 19.4 Å². The van der Waals surface area contributed by atoms with Crippen molar-refractivity contribution in [2.75, 3.05) is 20.1 Å². The number of benzene rings is 1. The van der Waals surface area contributed by atoms with Crippen LogP contribution in [0.3, 0.4) is 0 Å². The average Bonchev–Trinajstić information content (AvgIpc) is 2.45. The van der Waals surface area contributed by atoms with Crippen LogP contribution in [-0.2, 0) is 16.1 Å². The maximum absolute atomic E-state index is 11.9. The van der Waals surface area contributed by atoms with E-state index >= 15 is 0 Å². The SMILES string of the molecule is CN1CC(CC(=O)O)CC(NC(=O)OCc2ccccc2)C1. The second kappa shape index (κ2) is 7.79. The smallest absolute Gasteiger partial charge is 0.407 e. The lowest BCUT2D eigenvalue weighted by molar-refractivity contribution is -0.138. The molecule has 22 heavy (non-hydrogen) atoms. The van der Waals surface area contributed by atoms with E-state index in [1.54, 1.807) is 0 Å². The van der Waals surface area contributed by atoms with E-state index in [-0.39, 0.29) is 25.0 Å². The summed E-state index contributed by atoms with van der Waals surface area (Å²) in [5, 5.41) is 11.7. The number of nitrogens with one attached hydrogen (secondary N) is 1. The number of nitrogens with zero attached hydrogens (tertiary/aromatic N) is 1. The molecular formula is C16H22N2O4. The number of alkyl carbamates (subject to hydrolysis) is 1. The van der Waals surface area contributed by atoms with Gasteiger partial charge in [0, 0.05) is 25.6 Å². The molecule has 1 saturated heterocycles. The van der Waals surface area contributed by atoms with Gasteiger partial charge in [0.15, 0.2) is 0 Å². The molecule has 2 unspecified atom stereocenters. The summed E-state index contributed by atoms with van der Waals surface area (Å²) < 4.78 is 5.20. The molecule has 2 atom stereocenters. The van der Waals surface area contributed by atoms with Crippen molar-refractivity contribution in [3.8, 4) is 0 Å². The van der Waals surface area contributed by atoms with Crippen molar-refractivity contribution in [2.24, 2.45) is 5.92 Å². The van der Waals surface area contributed by atoms with Crippen LogP contribution in [0.25, 0.3) is 0 Å². The van der Waals surface area contributed by atoms with E-state index in [0.717, 1.165) is 12.1 Å². The molecule has 1 fully saturated rings. The molecule has 1 aromatic carbocycles. The van der Waals surface area contributed by atoms with Gasteiger partial charge in [0.05, 0.1) is 0 Å². The van der Waals surface area contributed by atoms with E-state index in [9.17, 15) is 9.59 Å². The number of hydrogen-bond donors (Lipinski definition) is 2. The number of rotatable bonds is 5. The van der Waals surface area contributed by atoms with E-state index in [0.29, 0.717) is 13.0 Å². The molecule has 2 N–H and O–H groups in total. The van der Waals surface area contributed by atoms with Crippen molar-refractivity contribution in [3.63, 3.8) is 0 Å². The summed E-state index contributed by atoms with van der Waals surface area (Å²) >= 11 is 0. The molecule has 120 valence electrons. The van der Waals surface area contributed by atoms with Gasteiger partial charge >= 0.3 is 12.1 Å². The van der Waals surface area contributed by atoms with E-state index in [1.165, 1.54) is 0 Å². The number of ether oxygens (including phenoxy) is 1. The first-order chi connectivity index (χ1) is 10.5. The summed E-state index contributed by atoms with van der Waals surface area (Å²) in [4.78, 5) is 24.7. The Balaban J connectivity index is 1.78. The lowest BCUT2D eigenvalue weighted by Crippen LogP contribution is -2.49. The summed E-state index contributed by atoms with van der Waals surface area (Å²) in [7, 11) is 1.93. The Kier molecular flexibility index (Phi) is 5.77. The van der Waals surface area contributed by atoms with Crippen molar-refractivity contribution in [3.05, 3.63) is 35.9 Å². The third-order valence-corrected chi connectivity index (χ3v) is 3.72. The topological polar surface area (TPSA) is 78.9 Å². The molecule has 1 aromatic rings. The maximum atomic E-state index is 11.9. The quantitative estimate of drug-likeness (QED) is 0.866. The minimum Gasteiger partial charge on any atom is -0.481 e. The molecule has 6 heteroatoms. The van der Waals surface area contributed by atoms with Gasteiger partial charge in [0.25, 0.3) is 0 Å². The zero-order valence-corrected chi connectivity index (χ0v) is 12.7. The Bertz CT molecular complexity index is 506. The number of carboxylic acid groups (broad SMARTS) is 1. The first kappa shape index (κ1) is 16.3. The number of piperidine rings is 1. The molecule has 1 aliphatic rings. The highest BCUT2D eigenvalue weighted by molar-refractivity contribution is 5.68. The molecule has 0 spiro atoms. The summed E-state index contributed by atoms with van der Waals surface area (Å²) in [6.45, 7) is 1.67. The monoisotopic (exact) mass is 306 g/mol. The zero-order valence-electron chi connectivity index (χ0n) is 12.7. The highest BCUT2D eigenvalue weighted by Crippen LogP contribution is 2.19. The fourth-order valence-electron chi connectivity index (χ4n) is 2.87. The fraction of sp³-hybridized carbons (Fsp3) is 0.500. The van der Waals surface area contributed by atoms with Crippen LogP contribution in [-0.4, -0.2) is 48.2 Å². The number of hydrogen-bond acceptors (Lipinski definition) is 4. The minimum absolute atomic E-state index is 0.0515. The van der Waals surface area contributed by atoms with Crippen molar-refractivity contribution in [2.45, 2.75) is 25.5 Å². The third kappa shape index (κ3) is 5.37. The lowest BCUT2D eigenvalue weighted by atomic mass is 9.92. The molecule has 0 radical (unpaired) electrons. The summed E-state index contributed by atoms with van der Waals surface area (Å²) in [6, 6.07) is 9.40. The van der Waals surface area contributed by atoms with E-state index < -0.39 is 12.1 Å². The van der Waals surface area contributed by atoms with Gasteiger partial charge in [-0.1, -0.05) is 30.3 Å². The van der Waals surface area contributed by atoms with Crippen LogP contribution in [0.2, 0.25) is 0 Å². The van der Waals surface area contributed by atoms with E-state index in [1.807, 2.05) is 42.3 Å². The largest absolute Gasteiger partial charge is 0.481 e. The van der Waals surface area contributed by atoms with Crippen LogP contribution in [0.1, 0.15) is 18.4 Å². The fourth-order valence-corrected chi connectivity index (χ4v) is 2.87. The Morgan fingerprint density at radius 3 is 2.73 bits per heavy atom. The minimum atomic E-state index is -0.800. The Hall–Kier alpha value is -2.08. The molecule has 1 aliphatic heterocycles. The molecule has 0 bridgehead atoms. The standard InChI is InChI=1S/C16H22N2O4/c1-18-9-13(8-15(19)20)7-14(10-18)17-16(21)22-11-12-5-3-2-4-6-12/h2-6,13-14H,7-11H2,1H3,(H,17,21)(H,19,20). The molecule has 0 aromatic heterocycles. The van der Waals surface area contributed by atoms with E-state index in [2.05, 4.69) is 5.32 Å². The van der Waals surface area contributed by atoms with Gasteiger partial charge in [-0.15, -0.1) is 0 Å². The second-order valence-electron chi connectivity index (χ2n) is 5.82. The molecule has 1 heterocycles. The number of likely N-dealkylation sites (N-methyl/N-ethyl adjacent to an activating group) is 1. The van der Waals surface area contributed by atoms with Crippen molar-refractivity contribution >= 4 is 12.1 Å². The predicted molar refractivity (Wildman–Crippen MR) is 81.4 cm³/mol. The summed E-state index contributed by atoms with van der Waals surface area (Å²) in [5.41, 5.74) is 0.933. The average molecular weight is 306 g/mol. The number of carbonyl (C=O) groups excluding carboxylic acids is 1. The van der Waals surface area contributed by atoms with Crippen LogP contribution in [0, 0.1) is 5.92 Å². The number of amides is 1. The molecular weight excluding hydrogens is 284 g/mol. The van der Waals surface area contributed by atoms with Crippen LogP contribution < -0.4 is 5.32 Å². The van der Waals surface area contributed by atoms with E-state index in [4.69, 9.17) is 9.84 Å². The third-order valence-electron chi connectivity index (χ3n) is 3.72. The molecule has 2 rings (SSSR count). The normalized spacial score (nSPS) is 22.0. The highest BCUT2D eigenvalue weighted by Gasteiger charge is 2.28. The number of likely N-dealkylation sites (tertiary alicyclic amines) is 1. The van der Waals surface area contributed by atoms with Gasteiger partial charge in [-0.05, 0) is 24.9 Å². The van der Waals surface area contributed by atoms with Gasteiger partial charge in [-0.2, -0.15) is 0 Å². The Morgan fingerprint density at radius 2 is 2.05 bits per heavy atom. The molecule has 1 amide bonds. The predicted octanol–water partition coefficient (Wildman–Crippen LogP) is 1.71. The van der Waals surface area contributed by atoms with Gasteiger partial charge < -0.3 is 20.1 Å². The summed E-state index contributed by atoms with van der Waals surface area (Å²) in [6.07, 6.45) is 0.330. The number of carbonyl (C=O) groups is 2. The first-order valence-corrected chi connectivity index (χ1v) is 7.40. The van der Waals surface area contributed by atoms with Gasteiger partial charge in [0.1, 0.15) is 6.61 Å². The van der Waals surface area contributed by atoms with Crippen LogP contribution in [0.4, 0.5) is 4.79 Å². The van der Waals surface area contributed by atoms with Crippen molar-refractivity contribution in [1.82, 2.24) is 10.2 Å². The molecule has 0 saturated carbocycles. The Morgan fingerprint density at radius 1 is 1.32 bits per heavy atom. The van der Waals surface area contributed by atoms with Gasteiger partial charge in [0.2, 0.25) is 0 Å². The first-order valence-electron chi connectivity index (χ1n) is 7.40.